The van der Waals surface area contributed by atoms with Crippen molar-refractivity contribution >= 4 is 0 Å². The Labute approximate surface area is 115 Å². The lowest BCUT2D eigenvalue weighted by atomic mass is 9.94. The molecule has 1 aromatic rings. The molecular formula is C16H24FNO. The Hall–Kier alpha value is -0.930. The topological polar surface area (TPSA) is 21.3 Å². The van der Waals surface area contributed by atoms with Crippen molar-refractivity contribution in [3.63, 3.8) is 0 Å². The Bertz CT molecular complexity index is 371. The minimum absolute atomic E-state index is 0.174. The molecule has 0 saturated carbocycles. The molecule has 0 bridgehead atoms. The van der Waals surface area contributed by atoms with Gasteiger partial charge < -0.3 is 10.1 Å². The molecule has 1 aromatic carbocycles. The van der Waals surface area contributed by atoms with E-state index in [0.717, 1.165) is 31.7 Å². The van der Waals surface area contributed by atoms with Gasteiger partial charge in [0.1, 0.15) is 5.82 Å². The van der Waals surface area contributed by atoms with E-state index in [0.29, 0.717) is 11.8 Å². The van der Waals surface area contributed by atoms with E-state index in [2.05, 4.69) is 19.2 Å². The Morgan fingerprint density at radius 3 is 2.63 bits per heavy atom. The fraction of sp³-hybridized carbons (Fsp3) is 0.625. The van der Waals surface area contributed by atoms with Gasteiger partial charge in [0.25, 0.3) is 0 Å². The Balaban J connectivity index is 1.94. The summed E-state index contributed by atoms with van der Waals surface area (Å²) in [5.74, 6) is 0.914. The quantitative estimate of drug-likeness (QED) is 0.879. The predicted molar refractivity (Wildman–Crippen MR) is 75.5 cm³/mol. The zero-order valence-corrected chi connectivity index (χ0v) is 11.9. The summed E-state index contributed by atoms with van der Waals surface area (Å²) in [6.07, 6.45) is 2.40. The summed E-state index contributed by atoms with van der Waals surface area (Å²) in [5.41, 5.74) is 1.16. The van der Waals surface area contributed by atoms with Gasteiger partial charge in [-0.3, -0.25) is 0 Å². The molecule has 1 N–H and O–H groups in total. The van der Waals surface area contributed by atoms with Crippen molar-refractivity contribution < 1.29 is 9.13 Å². The molecule has 1 saturated heterocycles. The molecule has 19 heavy (non-hydrogen) atoms. The molecule has 3 heteroatoms. The number of hydrogen-bond donors (Lipinski definition) is 1. The van der Waals surface area contributed by atoms with E-state index >= 15 is 0 Å². The van der Waals surface area contributed by atoms with E-state index < -0.39 is 0 Å². The highest BCUT2D eigenvalue weighted by Gasteiger charge is 2.19. The van der Waals surface area contributed by atoms with Gasteiger partial charge >= 0.3 is 0 Å². The van der Waals surface area contributed by atoms with Crippen molar-refractivity contribution in [2.75, 3.05) is 19.8 Å². The first-order valence-corrected chi connectivity index (χ1v) is 7.23. The Morgan fingerprint density at radius 1 is 1.32 bits per heavy atom. The molecule has 2 unspecified atom stereocenters. The lowest BCUT2D eigenvalue weighted by molar-refractivity contribution is 0.0531. The summed E-state index contributed by atoms with van der Waals surface area (Å²) in [6, 6.07) is 7.11. The molecular weight excluding hydrogens is 241 g/mol. The average molecular weight is 265 g/mol. The van der Waals surface area contributed by atoms with Crippen LogP contribution in [-0.2, 0) is 4.74 Å². The van der Waals surface area contributed by atoms with Gasteiger partial charge in [-0.2, -0.15) is 0 Å². The monoisotopic (exact) mass is 265 g/mol. The minimum Gasteiger partial charge on any atom is -0.381 e. The fourth-order valence-electron chi connectivity index (χ4n) is 2.67. The number of rotatable bonds is 5. The van der Waals surface area contributed by atoms with E-state index in [1.807, 2.05) is 12.1 Å². The molecule has 106 valence electrons. The van der Waals surface area contributed by atoms with Crippen LogP contribution in [0.1, 0.15) is 38.3 Å². The number of benzene rings is 1. The molecule has 0 spiro atoms. The summed E-state index contributed by atoms with van der Waals surface area (Å²) >= 11 is 0. The summed E-state index contributed by atoms with van der Waals surface area (Å²) in [5, 5.41) is 3.62. The van der Waals surface area contributed by atoms with Crippen LogP contribution in [0.4, 0.5) is 4.39 Å². The van der Waals surface area contributed by atoms with E-state index in [9.17, 15) is 4.39 Å². The number of nitrogens with one attached hydrogen (secondary N) is 1. The minimum atomic E-state index is -0.174. The van der Waals surface area contributed by atoms with Crippen LogP contribution in [0.25, 0.3) is 0 Å². The Kier molecular flexibility index (Phi) is 5.34. The maximum absolute atomic E-state index is 13.0. The fourth-order valence-corrected chi connectivity index (χ4v) is 2.67. The summed E-state index contributed by atoms with van der Waals surface area (Å²) in [6.45, 7) is 7.13. The first-order chi connectivity index (χ1) is 9.16. The maximum atomic E-state index is 13.0. The van der Waals surface area contributed by atoms with Crippen LogP contribution in [-0.4, -0.2) is 19.8 Å². The Morgan fingerprint density at radius 2 is 2.05 bits per heavy atom. The summed E-state index contributed by atoms with van der Waals surface area (Å²) in [4.78, 5) is 0. The zero-order valence-electron chi connectivity index (χ0n) is 11.9. The third kappa shape index (κ3) is 4.29. The zero-order chi connectivity index (χ0) is 13.7. The van der Waals surface area contributed by atoms with Crippen molar-refractivity contribution in [2.24, 2.45) is 11.8 Å². The highest BCUT2D eigenvalue weighted by molar-refractivity contribution is 5.20. The third-order valence-corrected chi connectivity index (χ3v) is 3.78. The molecule has 0 aromatic heterocycles. The predicted octanol–water partition coefficient (Wildman–Crippen LogP) is 3.54. The van der Waals surface area contributed by atoms with Crippen LogP contribution in [0.3, 0.4) is 0 Å². The second-order valence-electron chi connectivity index (χ2n) is 5.76. The first kappa shape index (κ1) is 14.5. The number of halogens is 1. The molecule has 1 fully saturated rings. The van der Waals surface area contributed by atoms with Crippen molar-refractivity contribution in [2.45, 2.75) is 32.7 Å². The lowest BCUT2D eigenvalue weighted by Gasteiger charge is -2.28. The van der Waals surface area contributed by atoms with Crippen LogP contribution in [0.2, 0.25) is 0 Å². The third-order valence-electron chi connectivity index (χ3n) is 3.78. The second kappa shape index (κ2) is 7.01. The first-order valence-electron chi connectivity index (χ1n) is 7.23. The van der Waals surface area contributed by atoms with Gasteiger partial charge in [0.15, 0.2) is 0 Å². The highest BCUT2D eigenvalue weighted by Crippen LogP contribution is 2.23. The van der Waals surface area contributed by atoms with Crippen molar-refractivity contribution in [3.8, 4) is 0 Å². The molecule has 2 nitrogen and oxygen atoms in total. The highest BCUT2D eigenvalue weighted by atomic mass is 19.1. The molecule has 0 aliphatic carbocycles. The standard InChI is InChI=1S/C16H24FNO/c1-12(2)16(14-5-7-15(17)8-6-14)18-10-13-4-3-9-19-11-13/h5-8,12-13,16,18H,3-4,9-11H2,1-2H3. The molecule has 1 aliphatic rings. The van der Waals surface area contributed by atoms with E-state index in [-0.39, 0.29) is 11.9 Å². The normalized spacial score (nSPS) is 21.6. The van der Waals surface area contributed by atoms with Gasteiger partial charge in [-0.25, -0.2) is 4.39 Å². The van der Waals surface area contributed by atoms with Crippen LogP contribution < -0.4 is 5.32 Å². The number of hydrogen-bond acceptors (Lipinski definition) is 2. The molecule has 2 rings (SSSR count). The molecule has 1 heterocycles. The van der Waals surface area contributed by atoms with Crippen LogP contribution >= 0.6 is 0 Å². The molecule has 1 aliphatic heterocycles. The maximum Gasteiger partial charge on any atom is 0.123 e. The van der Waals surface area contributed by atoms with Gasteiger partial charge in [0.05, 0.1) is 6.61 Å². The van der Waals surface area contributed by atoms with Gasteiger partial charge in [-0.15, -0.1) is 0 Å². The van der Waals surface area contributed by atoms with E-state index in [1.54, 1.807) is 0 Å². The van der Waals surface area contributed by atoms with Gasteiger partial charge in [-0.1, -0.05) is 26.0 Å². The van der Waals surface area contributed by atoms with Gasteiger partial charge in [0, 0.05) is 19.2 Å². The van der Waals surface area contributed by atoms with Gasteiger partial charge in [-0.05, 0) is 42.4 Å². The van der Waals surface area contributed by atoms with E-state index in [4.69, 9.17) is 4.74 Å². The van der Waals surface area contributed by atoms with Crippen molar-refractivity contribution in [3.05, 3.63) is 35.6 Å². The molecule has 2 atom stereocenters. The lowest BCUT2D eigenvalue weighted by Crippen LogP contribution is -2.33. The largest absolute Gasteiger partial charge is 0.381 e. The number of ether oxygens (including phenoxy) is 1. The second-order valence-corrected chi connectivity index (χ2v) is 5.76. The average Bonchev–Trinajstić information content (AvgIpc) is 2.42. The van der Waals surface area contributed by atoms with Crippen LogP contribution in [0.5, 0.6) is 0 Å². The van der Waals surface area contributed by atoms with Crippen molar-refractivity contribution in [1.29, 1.82) is 0 Å². The smallest absolute Gasteiger partial charge is 0.123 e. The molecule has 0 amide bonds. The van der Waals surface area contributed by atoms with E-state index in [1.165, 1.54) is 18.6 Å². The van der Waals surface area contributed by atoms with Crippen molar-refractivity contribution in [1.82, 2.24) is 5.32 Å². The van der Waals surface area contributed by atoms with Crippen LogP contribution in [0.15, 0.2) is 24.3 Å². The summed E-state index contributed by atoms with van der Waals surface area (Å²) < 4.78 is 18.5. The summed E-state index contributed by atoms with van der Waals surface area (Å²) in [7, 11) is 0. The van der Waals surface area contributed by atoms with Gasteiger partial charge in [0.2, 0.25) is 0 Å². The van der Waals surface area contributed by atoms with Crippen LogP contribution in [0, 0.1) is 17.7 Å². The SMILES string of the molecule is CC(C)C(NCC1CCCOC1)c1ccc(F)cc1. The molecule has 0 radical (unpaired) electrons.